The van der Waals surface area contributed by atoms with Gasteiger partial charge in [0.25, 0.3) is 5.91 Å². The lowest BCUT2D eigenvalue weighted by molar-refractivity contribution is 0.0942. The fraction of sp³-hybridized carbons (Fsp3) is 0.636. The van der Waals surface area contributed by atoms with E-state index < -0.39 is 5.91 Å². The monoisotopic (exact) mass is 269 g/mol. The van der Waals surface area contributed by atoms with Gasteiger partial charge in [-0.1, -0.05) is 5.16 Å². The molecule has 0 atom stereocenters. The molecule has 8 nitrogen and oxygen atoms in total. The van der Waals surface area contributed by atoms with E-state index in [1.165, 1.54) is 0 Å². The number of nitrogens with two attached hydrogens (primary N) is 1. The molecule has 0 radical (unpaired) electrons. The summed E-state index contributed by atoms with van der Waals surface area (Å²) in [4.78, 5) is 15.7. The van der Waals surface area contributed by atoms with E-state index >= 15 is 0 Å². The van der Waals surface area contributed by atoms with Crippen LogP contribution in [0.2, 0.25) is 0 Å². The number of nitrogens with zero attached hydrogens (tertiary/aromatic N) is 3. The lowest BCUT2D eigenvalue weighted by Crippen LogP contribution is -2.46. The van der Waals surface area contributed by atoms with Crippen LogP contribution in [0.15, 0.2) is 10.6 Å². The molecule has 1 saturated heterocycles. The smallest absolute Gasteiger partial charge is 0.287 e. The SMILES string of the molecule is NNC(=O)c1cc(CN2CCN(CCO)CC2)on1. The third kappa shape index (κ3) is 3.74. The highest BCUT2D eigenvalue weighted by Crippen LogP contribution is 2.10. The predicted octanol–water partition coefficient (Wildman–Crippen LogP) is -1.61. The molecule has 2 heterocycles. The van der Waals surface area contributed by atoms with Crippen molar-refractivity contribution >= 4 is 5.91 Å². The maximum Gasteiger partial charge on any atom is 0.287 e. The number of hydrogen-bond donors (Lipinski definition) is 3. The molecule has 1 aromatic heterocycles. The summed E-state index contributed by atoms with van der Waals surface area (Å²) in [6.45, 7) is 5.18. The van der Waals surface area contributed by atoms with Crippen molar-refractivity contribution in [2.24, 2.45) is 5.84 Å². The number of carbonyl (C=O) groups excluding carboxylic acids is 1. The van der Waals surface area contributed by atoms with Crippen molar-refractivity contribution in [2.75, 3.05) is 39.3 Å². The Morgan fingerprint density at radius 3 is 2.74 bits per heavy atom. The molecule has 1 aliphatic rings. The van der Waals surface area contributed by atoms with Gasteiger partial charge in [0.1, 0.15) is 0 Å². The van der Waals surface area contributed by atoms with Gasteiger partial charge in [-0.05, 0) is 0 Å². The van der Waals surface area contributed by atoms with E-state index in [1.54, 1.807) is 6.07 Å². The standard InChI is InChI=1S/C11H19N5O3/c12-13-11(18)10-7-9(19-14-10)8-16-3-1-15(2-4-16)5-6-17/h7,17H,1-6,8,12H2,(H,13,18). The largest absolute Gasteiger partial charge is 0.395 e. The van der Waals surface area contributed by atoms with Gasteiger partial charge in [-0.25, -0.2) is 5.84 Å². The Labute approximate surface area is 111 Å². The number of aliphatic hydroxyl groups excluding tert-OH is 1. The molecule has 1 aromatic rings. The zero-order valence-electron chi connectivity index (χ0n) is 10.7. The first-order valence-corrected chi connectivity index (χ1v) is 6.25. The summed E-state index contributed by atoms with van der Waals surface area (Å²) < 4.78 is 5.10. The Balaban J connectivity index is 1.82. The zero-order chi connectivity index (χ0) is 13.7. The van der Waals surface area contributed by atoms with E-state index in [2.05, 4.69) is 15.0 Å². The molecule has 0 aliphatic carbocycles. The summed E-state index contributed by atoms with van der Waals surface area (Å²) in [5, 5.41) is 12.5. The molecule has 4 N–H and O–H groups in total. The van der Waals surface area contributed by atoms with Gasteiger partial charge in [0.05, 0.1) is 13.2 Å². The van der Waals surface area contributed by atoms with Crippen LogP contribution in [0, 0.1) is 0 Å². The van der Waals surface area contributed by atoms with Gasteiger partial charge in [-0.3, -0.25) is 20.0 Å². The van der Waals surface area contributed by atoms with E-state index in [-0.39, 0.29) is 12.3 Å². The van der Waals surface area contributed by atoms with Crippen molar-refractivity contribution in [3.63, 3.8) is 0 Å². The molecule has 1 amide bonds. The molecule has 0 aromatic carbocycles. The maximum atomic E-state index is 11.2. The first-order chi connectivity index (χ1) is 9.22. The Bertz CT molecular complexity index is 414. The van der Waals surface area contributed by atoms with Gasteiger partial charge in [-0.2, -0.15) is 0 Å². The molecule has 0 spiro atoms. The molecular formula is C11H19N5O3. The lowest BCUT2D eigenvalue weighted by atomic mass is 10.3. The molecule has 0 bridgehead atoms. The molecule has 0 saturated carbocycles. The van der Waals surface area contributed by atoms with Gasteiger partial charge in [0, 0.05) is 38.8 Å². The Hall–Kier alpha value is -1.48. The van der Waals surface area contributed by atoms with Crippen LogP contribution >= 0.6 is 0 Å². The second-order valence-corrected chi connectivity index (χ2v) is 4.49. The Kier molecular flexibility index (Phi) is 4.86. The molecule has 19 heavy (non-hydrogen) atoms. The highest BCUT2D eigenvalue weighted by molar-refractivity contribution is 5.91. The number of hydrogen-bond acceptors (Lipinski definition) is 7. The number of aliphatic hydroxyl groups is 1. The second-order valence-electron chi connectivity index (χ2n) is 4.49. The van der Waals surface area contributed by atoms with E-state index in [0.29, 0.717) is 12.3 Å². The minimum absolute atomic E-state index is 0.191. The minimum Gasteiger partial charge on any atom is -0.395 e. The molecule has 1 fully saturated rings. The van der Waals surface area contributed by atoms with Gasteiger partial charge in [0.2, 0.25) is 0 Å². The van der Waals surface area contributed by atoms with Gasteiger partial charge >= 0.3 is 0 Å². The van der Waals surface area contributed by atoms with Gasteiger partial charge in [-0.15, -0.1) is 0 Å². The molecule has 2 rings (SSSR count). The van der Waals surface area contributed by atoms with Gasteiger partial charge in [0.15, 0.2) is 11.5 Å². The Morgan fingerprint density at radius 1 is 1.42 bits per heavy atom. The van der Waals surface area contributed by atoms with Crippen LogP contribution < -0.4 is 11.3 Å². The van der Waals surface area contributed by atoms with Crippen molar-refractivity contribution in [3.05, 3.63) is 17.5 Å². The summed E-state index contributed by atoms with van der Waals surface area (Å²) in [6.07, 6.45) is 0. The van der Waals surface area contributed by atoms with Crippen LogP contribution in [0.4, 0.5) is 0 Å². The molecule has 1 aliphatic heterocycles. The fourth-order valence-electron chi connectivity index (χ4n) is 2.10. The van der Waals surface area contributed by atoms with Crippen LogP contribution in [-0.2, 0) is 6.54 Å². The number of β-amino-alcohol motifs (C(OH)–C–C–N with tert-alkyl or cyclic N) is 1. The third-order valence-corrected chi connectivity index (χ3v) is 3.18. The quantitative estimate of drug-likeness (QED) is 0.335. The van der Waals surface area contributed by atoms with Crippen LogP contribution in [0.3, 0.4) is 0 Å². The van der Waals surface area contributed by atoms with Crippen LogP contribution in [-0.4, -0.2) is 65.3 Å². The molecule has 0 unspecified atom stereocenters. The molecular weight excluding hydrogens is 250 g/mol. The molecule has 8 heteroatoms. The third-order valence-electron chi connectivity index (χ3n) is 3.18. The highest BCUT2D eigenvalue weighted by Gasteiger charge is 2.19. The number of hydrazine groups is 1. The first-order valence-electron chi connectivity index (χ1n) is 6.25. The summed E-state index contributed by atoms with van der Waals surface area (Å²) in [5.74, 6) is 5.22. The van der Waals surface area contributed by atoms with Crippen molar-refractivity contribution in [3.8, 4) is 0 Å². The van der Waals surface area contributed by atoms with E-state index in [1.807, 2.05) is 5.43 Å². The van der Waals surface area contributed by atoms with Gasteiger partial charge < -0.3 is 9.63 Å². The van der Waals surface area contributed by atoms with E-state index in [9.17, 15) is 4.79 Å². The minimum atomic E-state index is -0.456. The summed E-state index contributed by atoms with van der Waals surface area (Å²) in [7, 11) is 0. The Morgan fingerprint density at radius 2 is 2.11 bits per heavy atom. The van der Waals surface area contributed by atoms with Crippen molar-refractivity contribution in [1.82, 2.24) is 20.4 Å². The number of carbonyl (C=O) groups is 1. The van der Waals surface area contributed by atoms with E-state index in [0.717, 1.165) is 32.7 Å². The van der Waals surface area contributed by atoms with Crippen LogP contribution in [0.25, 0.3) is 0 Å². The van der Waals surface area contributed by atoms with Crippen molar-refractivity contribution < 1.29 is 14.4 Å². The van der Waals surface area contributed by atoms with Crippen molar-refractivity contribution in [2.45, 2.75) is 6.54 Å². The van der Waals surface area contributed by atoms with Crippen LogP contribution in [0.1, 0.15) is 16.2 Å². The van der Waals surface area contributed by atoms with Crippen LogP contribution in [0.5, 0.6) is 0 Å². The number of amides is 1. The normalized spacial score (nSPS) is 17.6. The summed E-state index contributed by atoms with van der Waals surface area (Å²) in [6, 6.07) is 1.60. The first kappa shape index (κ1) is 13.9. The number of nitrogen functional groups attached to an aromatic ring is 1. The maximum absolute atomic E-state index is 11.2. The summed E-state index contributed by atoms with van der Waals surface area (Å²) >= 11 is 0. The lowest BCUT2D eigenvalue weighted by Gasteiger charge is -2.33. The number of rotatable bonds is 5. The number of nitrogens with one attached hydrogen (secondary N) is 1. The molecule has 106 valence electrons. The van der Waals surface area contributed by atoms with Crippen molar-refractivity contribution in [1.29, 1.82) is 0 Å². The summed E-state index contributed by atoms with van der Waals surface area (Å²) in [5.41, 5.74) is 2.20. The average molecular weight is 269 g/mol. The fourth-order valence-corrected chi connectivity index (χ4v) is 2.10. The average Bonchev–Trinajstić information content (AvgIpc) is 2.89. The topological polar surface area (TPSA) is 108 Å². The highest BCUT2D eigenvalue weighted by atomic mass is 16.5. The number of piperazine rings is 1. The second kappa shape index (κ2) is 6.62. The number of aromatic nitrogens is 1. The van der Waals surface area contributed by atoms with E-state index in [4.69, 9.17) is 15.5 Å². The zero-order valence-corrected chi connectivity index (χ0v) is 10.7. The predicted molar refractivity (Wildman–Crippen MR) is 67.0 cm³/mol.